The van der Waals surface area contributed by atoms with Gasteiger partial charge in [-0.1, -0.05) is 28.1 Å². The SMILES string of the molecule is CC(CCc1ccc(Br)cc1)Nc1cnn(C)c(=O)c1Br. The van der Waals surface area contributed by atoms with E-state index in [1.807, 2.05) is 0 Å². The molecular formula is C15H17Br2N3O. The van der Waals surface area contributed by atoms with E-state index in [1.165, 1.54) is 10.2 Å². The van der Waals surface area contributed by atoms with Crippen molar-refractivity contribution in [1.82, 2.24) is 9.78 Å². The van der Waals surface area contributed by atoms with Gasteiger partial charge in [-0.3, -0.25) is 4.79 Å². The topological polar surface area (TPSA) is 46.9 Å². The highest BCUT2D eigenvalue weighted by Gasteiger charge is 2.09. The Hall–Kier alpha value is -1.14. The van der Waals surface area contributed by atoms with Gasteiger partial charge in [-0.2, -0.15) is 5.10 Å². The van der Waals surface area contributed by atoms with Crippen LogP contribution in [0.3, 0.4) is 0 Å². The predicted octanol–water partition coefficient (Wildman–Crippen LogP) is 3.74. The molecule has 0 radical (unpaired) electrons. The lowest BCUT2D eigenvalue weighted by atomic mass is 10.1. The Morgan fingerprint density at radius 1 is 1.29 bits per heavy atom. The fourth-order valence-electron chi connectivity index (χ4n) is 1.98. The van der Waals surface area contributed by atoms with Crippen LogP contribution in [0.5, 0.6) is 0 Å². The summed E-state index contributed by atoms with van der Waals surface area (Å²) in [6.07, 6.45) is 3.63. The van der Waals surface area contributed by atoms with Gasteiger partial charge < -0.3 is 5.32 Å². The molecule has 1 unspecified atom stereocenters. The first kappa shape index (κ1) is 16.2. The summed E-state index contributed by atoms with van der Waals surface area (Å²) in [5, 5.41) is 7.35. The van der Waals surface area contributed by atoms with Gasteiger partial charge in [-0.15, -0.1) is 0 Å². The second kappa shape index (κ2) is 7.22. The van der Waals surface area contributed by atoms with Crippen LogP contribution in [0.2, 0.25) is 0 Å². The van der Waals surface area contributed by atoms with E-state index in [0.717, 1.165) is 23.0 Å². The van der Waals surface area contributed by atoms with Crippen LogP contribution < -0.4 is 10.9 Å². The summed E-state index contributed by atoms with van der Waals surface area (Å²) in [5.74, 6) is 0. The molecule has 0 aliphatic carbocycles. The number of hydrogen-bond acceptors (Lipinski definition) is 3. The quantitative estimate of drug-likeness (QED) is 0.810. The first-order valence-electron chi connectivity index (χ1n) is 6.70. The Kier molecular flexibility index (Phi) is 5.58. The van der Waals surface area contributed by atoms with Gasteiger partial charge in [0.1, 0.15) is 4.47 Å². The summed E-state index contributed by atoms with van der Waals surface area (Å²) in [6.45, 7) is 2.10. The normalized spacial score (nSPS) is 12.2. The lowest BCUT2D eigenvalue weighted by Crippen LogP contribution is -2.24. The molecule has 1 atom stereocenters. The molecule has 2 rings (SSSR count). The van der Waals surface area contributed by atoms with Gasteiger partial charge in [0.05, 0.1) is 11.9 Å². The monoisotopic (exact) mass is 413 g/mol. The molecule has 1 heterocycles. The molecule has 1 aromatic carbocycles. The van der Waals surface area contributed by atoms with Crippen molar-refractivity contribution in [3.05, 3.63) is 55.3 Å². The van der Waals surface area contributed by atoms with E-state index in [9.17, 15) is 4.79 Å². The van der Waals surface area contributed by atoms with Crippen LogP contribution >= 0.6 is 31.9 Å². The summed E-state index contributed by atoms with van der Waals surface area (Å²) in [4.78, 5) is 11.8. The number of anilines is 1. The van der Waals surface area contributed by atoms with Crippen LogP contribution in [0.25, 0.3) is 0 Å². The lowest BCUT2D eigenvalue weighted by molar-refractivity contribution is 0.685. The Balaban J connectivity index is 1.96. The molecule has 6 heteroatoms. The molecule has 0 aliphatic rings. The maximum atomic E-state index is 11.8. The Labute approximate surface area is 140 Å². The first-order chi connectivity index (χ1) is 9.97. The van der Waals surface area contributed by atoms with Crippen LogP contribution in [-0.4, -0.2) is 15.8 Å². The molecule has 0 saturated carbocycles. The van der Waals surface area contributed by atoms with E-state index in [1.54, 1.807) is 13.2 Å². The third-order valence-electron chi connectivity index (χ3n) is 3.26. The van der Waals surface area contributed by atoms with Crippen molar-refractivity contribution in [1.29, 1.82) is 0 Å². The van der Waals surface area contributed by atoms with Gasteiger partial charge in [-0.25, -0.2) is 4.68 Å². The summed E-state index contributed by atoms with van der Waals surface area (Å²) >= 11 is 6.76. The van der Waals surface area contributed by atoms with Crippen molar-refractivity contribution in [2.75, 3.05) is 5.32 Å². The van der Waals surface area contributed by atoms with Crippen molar-refractivity contribution in [3.8, 4) is 0 Å². The standard InChI is InChI=1S/C15H17Br2N3O/c1-10(3-4-11-5-7-12(16)8-6-11)19-13-9-18-20(2)15(21)14(13)17/h5-10,19H,3-4H2,1-2H3. The van der Waals surface area contributed by atoms with E-state index in [0.29, 0.717) is 4.47 Å². The number of halogens is 2. The number of hydrogen-bond donors (Lipinski definition) is 1. The molecule has 0 aliphatic heterocycles. The van der Waals surface area contributed by atoms with E-state index < -0.39 is 0 Å². The van der Waals surface area contributed by atoms with Gasteiger partial charge in [0.15, 0.2) is 0 Å². The molecule has 0 fully saturated rings. The summed E-state index contributed by atoms with van der Waals surface area (Å²) < 4.78 is 2.92. The maximum Gasteiger partial charge on any atom is 0.282 e. The molecule has 2 aromatic rings. The average Bonchev–Trinajstić information content (AvgIpc) is 2.47. The van der Waals surface area contributed by atoms with Gasteiger partial charge in [-0.05, 0) is 53.4 Å². The second-order valence-electron chi connectivity index (χ2n) is 5.01. The molecule has 112 valence electrons. The average molecular weight is 415 g/mol. The summed E-state index contributed by atoms with van der Waals surface area (Å²) in [7, 11) is 1.63. The predicted molar refractivity (Wildman–Crippen MR) is 92.7 cm³/mol. The van der Waals surface area contributed by atoms with Gasteiger partial charge >= 0.3 is 0 Å². The Bertz CT molecular complexity index is 668. The number of nitrogens with zero attached hydrogens (tertiary/aromatic N) is 2. The summed E-state index contributed by atoms with van der Waals surface area (Å²) in [5.41, 5.74) is 1.90. The maximum absolute atomic E-state index is 11.8. The van der Waals surface area contributed by atoms with Crippen molar-refractivity contribution in [2.24, 2.45) is 7.05 Å². The molecule has 0 spiro atoms. The lowest BCUT2D eigenvalue weighted by Gasteiger charge is -2.16. The second-order valence-corrected chi connectivity index (χ2v) is 6.72. The third-order valence-corrected chi connectivity index (χ3v) is 4.55. The van der Waals surface area contributed by atoms with E-state index in [-0.39, 0.29) is 11.6 Å². The highest BCUT2D eigenvalue weighted by Crippen LogP contribution is 2.18. The minimum atomic E-state index is -0.139. The highest BCUT2D eigenvalue weighted by molar-refractivity contribution is 9.10. The minimum absolute atomic E-state index is 0.139. The van der Waals surface area contributed by atoms with E-state index in [4.69, 9.17) is 0 Å². The van der Waals surface area contributed by atoms with Crippen LogP contribution in [0.15, 0.2) is 44.2 Å². The molecule has 0 amide bonds. The molecule has 0 bridgehead atoms. The molecule has 1 N–H and O–H groups in total. The van der Waals surface area contributed by atoms with Gasteiger partial charge in [0, 0.05) is 17.6 Å². The fraction of sp³-hybridized carbons (Fsp3) is 0.333. The smallest absolute Gasteiger partial charge is 0.282 e. The number of rotatable bonds is 5. The first-order valence-corrected chi connectivity index (χ1v) is 8.28. The molecule has 0 saturated heterocycles. The minimum Gasteiger partial charge on any atom is -0.380 e. The number of benzene rings is 1. The molecule has 1 aromatic heterocycles. The van der Waals surface area contributed by atoms with Crippen LogP contribution in [0.1, 0.15) is 18.9 Å². The Morgan fingerprint density at radius 3 is 2.62 bits per heavy atom. The zero-order chi connectivity index (χ0) is 15.4. The number of nitrogens with one attached hydrogen (secondary N) is 1. The van der Waals surface area contributed by atoms with Crippen molar-refractivity contribution >= 4 is 37.5 Å². The van der Waals surface area contributed by atoms with E-state index in [2.05, 4.69) is 73.5 Å². The highest BCUT2D eigenvalue weighted by atomic mass is 79.9. The van der Waals surface area contributed by atoms with E-state index >= 15 is 0 Å². The van der Waals surface area contributed by atoms with Crippen LogP contribution in [0, 0.1) is 0 Å². The number of aryl methyl sites for hydroxylation is 2. The van der Waals surface area contributed by atoms with Crippen molar-refractivity contribution < 1.29 is 0 Å². The van der Waals surface area contributed by atoms with Crippen LogP contribution in [-0.2, 0) is 13.5 Å². The number of aromatic nitrogens is 2. The Morgan fingerprint density at radius 2 is 1.95 bits per heavy atom. The third kappa shape index (κ3) is 4.41. The zero-order valence-electron chi connectivity index (χ0n) is 11.9. The molecule has 21 heavy (non-hydrogen) atoms. The van der Waals surface area contributed by atoms with Crippen molar-refractivity contribution in [3.63, 3.8) is 0 Å². The molecular weight excluding hydrogens is 398 g/mol. The summed E-state index contributed by atoms with van der Waals surface area (Å²) in [6, 6.07) is 8.59. The molecule has 4 nitrogen and oxygen atoms in total. The largest absolute Gasteiger partial charge is 0.380 e. The van der Waals surface area contributed by atoms with Crippen molar-refractivity contribution in [2.45, 2.75) is 25.8 Å². The zero-order valence-corrected chi connectivity index (χ0v) is 15.1. The van der Waals surface area contributed by atoms with Gasteiger partial charge in [0.25, 0.3) is 5.56 Å². The fourth-order valence-corrected chi connectivity index (χ4v) is 2.72. The van der Waals surface area contributed by atoms with Gasteiger partial charge in [0.2, 0.25) is 0 Å². The van der Waals surface area contributed by atoms with Crippen LogP contribution in [0.4, 0.5) is 5.69 Å².